The van der Waals surface area contributed by atoms with E-state index >= 15 is 0 Å². The SMILES string of the molecule is CCCCCCCCCCCCCCCC(=O)OCC(COP(=O)(O)OC[C@H]1O[C@@H](n2ccc(N=C([O-])CCCCCCCCCCCCCCC)nc2=O)[C@@H](O)[C@@H]1O)OC(=O)CCCCCCCCCCCCCCC. The molecule has 17 heteroatoms. The van der Waals surface area contributed by atoms with Crippen molar-refractivity contribution in [1.29, 1.82) is 0 Å². The van der Waals surface area contributed by atoms with Crippen molar-refractivity contribution in [2.45, 2.75) is 321 Å². The second-order valence-corrected chi connectivity index (χ2v) is 23.3. The highest BCUT2D eigenvalue weighted by Crippen LogP contribution is 2.44. The van der Waals surface area contributed by atoms with Crippen LogP contribution in [0.15, 0.2) is 22.1 Å². The summed E-state index contributed by atoms with van der Waals surface area (Å²) >= 11 is 0. The number of hydrogen-bond acceptors (Lipinski definition) is 14. The highest BCUT2D eigenvalue weighted by molar-refractivity contribution is 7.47. The number of carbonyl (C=O) groups is 2. The molecule has 448 valence electrons. The minimum atomic E-state index is -4.91. The third-order valence-electron chi connectivity index (χ3n) is 14.7. The lowest BCUT2D eigenvalue weighted by Gasteiger charge is -2.21. The summed E-state index contributed by atoms with van der Waals surface area (Å²) in [5.74, 6) is -1.51. The van der Waals surface area contributed by atoms with Gasteiger partial charge >= 0.3 is 25.5 Å². The number of aliphatic imine (C=N–C) groups is 1. The third-order valence-corrected chi connectivity index (χ3v) is 15.6. The van der Waals surface area contributed by atoms with E-state index in [2.05, 4.69) is 30.7 Å². The van der Waals surface area contributed by atoms with Crippen LogP contribution >= 0.6 is 7.82 Å². The molecular weight excluding hydrogens is 1000 g/mol. The number of aliphatic hydroxyl groups excluding tert-OH is 2. The summed E-state index contributed by atoms with van der Waals surface area (Å²) in [4.78, 5) is 57.2. The number of phosphoric ester groups is 1. The molecule has 1 aromatic rings. The topological polar surface area (TPSA) is 228 Å². The predicted molar refractivity (Wildman–Crippen MR) is 305 cm³/mol. The molecule has 0 aromatic carbocycles. The van der Waals surface area contributed by atoms with Crippen molar-refractivity contribution in [1.82, 2.24) is 9.55 Å². The van der Waals surface area contributed by atoms with E-state index in [1.807, 2.05) is 0 Å². The van der Waals surface area contributed by atoms with Crippen LogP contribution in [0.1, 0.15) is 297 Å². The van der Waals surface area contributed by atoms with Crippen molar-refractivity contribution in [3.63, 3.8) is 0 Å². The first-order valence-electron chi connectivity index (χ1n) is 31.2. The van der Waals surface area contributed by atoms with Gasteiger partial charge in [-0.2, -0.15) is 4.98 Å². The number of phosphoric acid groups is 1. The zero-order chi connectivity index (χ0) is 56.0. The molecule has 2 unspecified atom stereocenters. The summed E-state index contributed by atoms with van der Waals surface area (Å²) in [6.45, 7) is 4.94. The normalized spacial score (nSPS) is 17.9. The van der Waals surface area contributed by atoms with E-state index in [9.17, 15) is 39.2 Å². The van der Waals surface area contributed by atoms with Crippen LogP contribution in [-0.4, -0.2) is 86.7 Å². The second-order valence-electron chi connectivity index (χ2n) is 21.9. The maximum atomic E-state index is 13.1. The molecule has 2 rings (SSSR count). The van der Waals surface area contributed by atoms with Gasteiger partial charge in [0, 0.05) is 19.0 Å². The average Bonchev–Trinajstić information content (AvgIpc) is 3.71. The summed E-state index contributed by atoms with van der Waals surface area (Å²) in [6.07, 6.45) is 40.3. The molecule has 0 spiro atoms. The first-order valence-corrected chi connectivity index (χ1v) is 32.7. The molecule has 0 saturated carbocycles. The minimum absolute atomic E-state index is 0.0922. The summed E-state index contributed by atoms with van der Waals surface area (Å²) in [5, 5.41) is 34.2. The van der Waals surface area contributed by atoms with Gasteiger partial charge in [0.1, 0.15) is 24.9 Å². The molecule has 1 aromatic heterocycles. The molecule has 77 heavy (non-hydrogen) atoms. The maximum Gasteiger partial charge on any atom is 0.472 e. The first kappa shape index (κ1) is 70.4. The fraction of sp³-hybridized carbons (Fsp3) is 0.883. The Balaban J connectivity index is 1.82. The van der Waals surface area contributed by atoms with Gasteiger partial charge in [-0.25, -0.2) is 14.4 Å². The van der Waals surface area contributed by atoms with Gasteiger partial charge in [0.05, 0.1) is 13.2 Å². The number of unbranched alkanes of at least 4 members (excludes halogenated alkanes) is 36. The lowest BCUT2D eigenvalue weighted by molar-refractivity contribution is -0.218. The Morgan fingerprint density at radius 3 is 1.40 bits per heavy atom. The van der Waals surface area contributed by atoms with Gasteiger partial charge in [-0.15, -0.1) is 0 Å². The van der Waals surface area contributed by atoms with E-state index in [1.165, 1.54) is 186 Å². The molecule has 6 atom stereocenters. The molecular formula is C60H109N3O13P-. The van der Waals surface area contributed by atoms with Crippen LogP contribution in [0.3, 0.4) is 0 Å². The molecule has 2 heterocycles. The van der Waals surface area contributed by atoms with Gasteiger partial charge in [-0.3, -0.25) is 23.2 Å². The van der Waals surface area contributed by atoms with Crippen molar-refractivity contribution in [2.75, 3.05) is 19.8 Å². The van der Waals surface area contributed by atoms with Crippen LogP contribution in [0.5, 0.6) is 0 Å². The minimum Gasteiger partial charge on any atom is -0.862 e. The van der Waals surface area contributed by atoms with Gasteiger partial charge in [-0.1, -0.05) is 252 Å². The predicted octanol–water partition coefficient (Wildman–Crippen LogP) is 14.3. The van der Waals surface area contributed by atoms with E-state index in [1.54, 1.807) is 0 Å². The molecule has 1 aliphatic rings. The summed E-state index contributed by atoms with van der Waals surface area (Å²) in [6, 6.07) is 1.32. The molecule has 0 radical (unpaired) electrons. The number of ether oxygens (including phenoxy) is 3. The Bertz CT molecular complexity index is 1750. The van der Waals surface area contributed by atoms with Crippen LogP contribution in [0.25, 0.3) is 0 Å². The van der Waals surface area contributed by atoms with Crippen molar-refractivity contribution in [3.05, 3.63) is 22.7 Å². The molecule has 1 saturated heterocycles. The number of nitrogens with zero attached hydrogens (tertiary/aromatic N) is 3. The van der Waals surface area contributed by atoms with Crippen LogP contribution in [0.2, 0.25) is 0 Å². The smallest absolute Gasteiger partial charge is 0.472 e. The van der Waals surface area contributed by atoms with Gasteiger partial charge in [0.15, 0.2) is 18.1 Å². The summed E-state index contributed by atoms with van der Waals surface area (Å²) in [7, 11) is -4.91. The maximum absolute atomic E-state index is 13.1. The van der Waals surface area contributed by atoms with E-state index in [4.69, 9.17) is 23.3 Å². The van der Waals surface area contributed by atoms with Crippen molar-refractivity contribution >= 4 is 31.5 Å². The number of esters is 2. The van der Waals surface area contributed by atoms with Gasteiger partial charge in [0.25, 0.3) is 0 Å². The number of carbonyl (C=O) groups excluding carboxylic acids is 2. The largest absolute Gasteiger partial charge is 0.862 e. The van der Waals surface area contributed by atoms with Gasteiger partial charge in [-0.05, 0) is 37.6 Å². The molecule has 0 bridgehead atoms. The Hall–Kier alpha value is -2.72. The van der Waals surface area contributed by atoms with Crippen LogP contribution in [-0.2, 0) is 37.4 Å². The van der Waals surface area contributed by atoms with Crippen molar-refractivity contribution in [3.8, 4) is 0 Å². The van der Waals surface area contributed by atoms with Gasteiger partial charge in [0.2, 0.25) is 0 Å². The third kappa shape index (κ3) is 37.0. The highest BCUT2D eigenvalue weighted by atomic mass is 31.2. The molecule has 1 fully saturated rings. The molecule has 3 N–H and O–H groups in total. The highest BCUT2D eigenvalue weighted by Gasteiger charge is 2.45. The molecule has 16 nitrogen and oxygen atoms in total. The van der Waals surface area contributed by atoms with E-state index < -0.39 is 75.2 Å². The van der Waals surface area contributed by atoms with Crippen LogP contribution in [0.4, 0.5) is 5.82 Å². The fourth-order valence-electron chi connectivity index (χ4n) is 9.81. The summed E-state index contributed by atoms with van der Waals surface area (Å²) < 4.78 is 41.2. The van der Waals surface area contributed by atoms with Gasteiger partial charge < -0.3 is 34.4 Å². The fourth-order valence-corrected chi connectivity index (χ4v) is 10.6. The zero-order valence-electron chi connectivity index (χ0n) is 48.6. The average molecular weight is 1110 g/mol. The zero-order valence-corrected chi connectivity index (χ0v) is 49.5. The van der Waals surface area contributed by atoms with Crippen molar-refractivity contribution in [2.24, 2.45) is 4.99 Å². The number of rotatable bonds is 53. The Kier molecular flexibility index (Phi) is 42.9. The molecule has 0 amide bonds. The van der Waals surface area contributed by atoms with E-state index in [0.717, 1.165) is 62.4 Å². The first-order chi connectivity index (χ1) is 37.4. The quantitative estimate of drug-likeness (QED) is 0.0181. The van der Waals surface area contributed by atoms with Crippen LogP contribution in [0, 0.1) is 0 Å². The Labute approximate surface area is 465 Å². The second kappa shape index (κ2) is 47.0. The molecule has 1 aliphatic heterocycles. The van der Waals surface area contributed by atoms with E-state index in [0.29, 0.717) is 19.3 Å². The number of hydrogen-bond donors (Lipinski definition) is 3. The Morgan fingerprint density at radius 2 is 0.987 bits per heavy atom. The molecule has 0 aliphatic carbocycles. The monoisotopic (exact) mass is 1110 g/mol. The van der Waals surface area contributed by atoms with Crippen molar-refractivity contribution < 1.29 is 57.6 Å². The Morgan fingerprint density at radius 1 is 0.597 bits per heavy atom. The number of aliphatic hydroxyl groups is 2. The lowest BCUT2D eigenvalue weighted by atomic mass is 10.0. The lowest BCUT2D eigenvalue weighted by Crippen LogP contribution is -2.36. The standard InChI is InChI=1S/C60H110N3O13P/c1-4-7-10-13-16-19-22-25-28-31-34-37-40-43-54(64)61-53-46-47-63(60(69)62-53)59-58(68)57(67)52(76-59)50-74-77(70,71)73-49-51(75-56(66)45-42-39-36-33-30-27-24-21-18-15-12-9-6-3)48-72-55(65)44-41-38-35-32-29-26-23-20-17-14-11-8-5-2/h46-47,51-52,57-59,67-68H,4-45,48-50H2,1-3H3,(H,70,71)(H,61,62,64,69)/p-1/t51?,52-,57-,58+,59-/m1/s1. The van der Waals surface area contributed by atoms with E-state index in [-0.39, 0.29) is 31.7 Å². The van der Waals surface area contributed by atoms with Crippen LogP contribution < -0.4 is 10.8 Å². The number of aromatic nitrogens is 2. The summed E-state index contributed by atoms with van der Waals surface area (Å²) in [5.41, 5.74) is -0.895.